The van der Waals surface area contributed by atoms with E-state index in [9.17, 15) is 4.79 Å². The highest BCUT2D eigenvalue weighted by Gasteiger charge is 2.20. The first kappa shape index (κ1) is 24.8. The zero-order valence-electron chi connectivity index (χ0n) is 20.6. The van der Waals surface area contributed by atoms with Gasteiger partial charge in [-0.05, 0) is 55.8 Å². The molecule has 3 aromatic rings. The molecule has 33 heavy (non-hydrogen) atoms. The van der Waals surface area contributed by atoms with Gasteiger partial charge in [0.1, 0.15) is 6.61 Å². The van der Waals surface area contributed by atoms with Crippen molar-refractivity contribution in [3.8, 4) is 11.5 Å². The van der Waals surface area contributed by atoms with Crippen LogP contribution in [0.25, 0.3) is 0 Å². The van der Waals surface area contributed by atoms with Crippen molar-refractivity contribution < 1.29 is 14.3 Å². The van der Waals surface area contributed by atoms with Gasteiger partial charge < -0.3 is 14.4 Å². The summed E-state index contributed by atoms with van der Waals surface area (Å²) in [5.74, 6) is 1.98. The number of carbonyl (C=O) groups excluding carboxylic acids is 1. The highest BCUT2D eigenvalue weighted by atomic mass is 32.1. The molecule has 0 aliphatic heterocycles. The average molecular weight is 470 g/mol. The van der Waals surface area contributed by atoms with Gasteiger partial charge >= 0.3 is 0 Å². The molecule has 0 unspecified atom stereocenters. The summed E-state index contributed by atoms with van der Waals surface area (Å²) in [6.07, 6.45) is 0.364. The smallest absolute Gasteiger partial charge is 0.227 e. The lowest BCUT2D eigenvalue weighted by atomic mass is 10.1. The number of likely N-dealkylation sites (N-methyl/N-ethyl adjacent to an activating group) is 1. The van der Waals surface area contributed by atoms with Crippen LogP contribution in [-0.4, -0.2) is 34.2 Å². The Kier molecular flexibility index (Phi) is 8.55. The molecule has 1 amide bonds. The maximum atomic E-state index is 13.2. The van der Waals surface area contributed by atoms with Gasteiger partial charge in [0.15, 0.2) is 11.5 Å². The van der Waals surface area contributed by atoms with Gasteiger partial charge in [0, 0.05) is 35.8 Å². The Morgan fingerprint density at radius 1 is 1.21 bits per heavy atom. The van der Waals surface area contributed by atoms with Crippen molar-refractivity contribution in [3.63, 3.8) is 0 Å². The number of amides is 1. The number of methoxy groups -OCH3 is 1. The van der Waals surface area contributed by atoms with Gasteiger partial charge in [-0.15, -0.1) is 11.3 Å². The molecular formula is C26H35N3O3S. The Morgan fingerprint density at radius 2 is 2.00 bits per heavy atom. The second kappa shape index (κ2) is 11.4. The van der Waals surface area contributed by atoms with Gasteiger partial charge in [-0.3, -0.25) is 9.48 Å². The Morgan fingerprint density at radius 3 is 2.64 bits per heavy atom. The largest absolute Gasteiger partial charge is 0.493 e. The van der Waals surface area contributed by atoms with E-state index in [-0.39, 0.29) is 5.91 Å². The molecule has 0 aliphatic rings. The summed E-state index contributed by atoms with van der Waals surface area (Å²) in [5, 5.41) is 6.69. The van der Waals surface area contributed by atoms with Gasteiger partial charge in [0.25, 0.3) is 0 Å². The van der Waals surface area contributed by atoms with Crippen molar-refractivity contribution in [1.29, 1.82) is 0 Å². The normalized spacial score (nSPS) is 11.1. The van der Waals surface area contributed by atoms with E-state index in [1.54, 1.807) is 18.4 Å². The van der Waals surface area contributed by atoms with E-state index in [0.29, 0.717) is 43.5 Å². The SMILES string of the molecule is CCN(Cc1ccc(OCc2cccs2)c(OC)c1)C(=O)Cc1c(C)nn(CC(C)C)c1C. The predicted molar refractivity (Wildman–Crippen MR) is 133 cm³/mol. The first-order chi connectivity index (χ1) is 15.8. The fraction of sp³-hybridized carbons (Fsp3) is 0.462. The molecular weight excluding hydrogens is 434 g/mol. The number of rotatable bonds is 11. The first-order valence-electron chi connectivity index (χ1n) is 11.4. The highest BCUT2D eigenvalue weighted by molar-refractivity contribution is 7.09. The third-order valence-corrected chi connectivity index (χ3v) is 6.53. The molecule has 0 bridgehead atoms. The molecule has 3 rings (SSSR count). The van der Waals surface area contributed by atoms with Crippen LogP contribution in [0.5, 0.6) is 11.5 Å². The molecule has 0 atom stereocenters. The van der Waals surface area contributed by atoms with Crippen LogP contribution in [0, 0.1) is 19.8 Å². The molecule has 178 valence electrons. The Labute approximate surface area is 201 Å². The van der Waals surface area contributed by atoms with E-state index < -0.39 is 0 Å². The molecule has 1 aromatic carbocycles. The molecule has 7 heteroatoms. The van der Waals surface area contributed by atoms with Crippen LogP contribution in [0.4, 0.5) is 0 Å². The van der Waals surface area contributed by atoms with Crippen LogP contribution in [0.1, 0.15) is 48.2 Å². The standard InChI is InChI=1S/C26H35N3O3S/c1-7-28(26(30)14-23-19(4)27-29(20(23)5)15-18(2)3)16-21-10-11-24(25(13-21)31-6)32-17-22-9-8-12-33-22/h8-13,18H,7,14-17H2,1-6H3. The molecule has 0 aliphatic carbocycles. The first-order valence-corrected chi connectivity index (χ1v) is 12.3. The lowest BCUT2D eigenvalue weighted by Gasteiger charge is -2.22. The molecule has 0 N–H and O–H groups in total. The summed E-state index contributed by atoms with van der Waals surface area (Å²) >= 11 is 1.66. The Hall–Kier alpha value is -2.80. The zero-order chi connectivity index (χ0) is 24.0. The Balaban J connectivity index is 1.68. The number of thiophene rings is 1. The van der Waals surface area contributed by atoms with Crippen molar-refractivity contribution in [2.24, 2.45) is 5.92 Å². The summed E-state index contributed by atoms with van der Waals surface area (Å²) in [4.78, 5) is 16.2. The zero-order valence-corrected chi connectivity index (χ0v) is 21.4. The molecule has 0 fully saturated rings. The average Bonchev–Trinajstić information content (AvgIpc) is 3.40. The van der Waals surface area contributed by atoms with Gasteiger partial charge in [-0.2, -0.15) is 5.10 Å². The number of aromatic nitrogens is 2. The minimum atomic E-state index is 0.102. The summed E-state index contributed by atoms with van der Waals surface area (Å²) < 4.78 is 13.5. The van der Waals surface area contributed by atoms with Gasteiger partial charge in [0.05, 0.1) is 19.2 Å². The van der Waals surface area contributed by atoms with Gasteiger partial charge in [-0.1, -0.05) is 26.0 Å². The van der Waals surface area contributed by atoms with E-state index in [1.807, 2.05) is 59.1 Å². The van der Waals surface area contributed by atoms with Crippen molar-refractivity contribution in [2.45, 2.75) is 60.7 Å². The number of nitrogens with zero attached hydrogens (tertiary/aromatic N) is 3. The summed E-state index contributed by atoms with van der Waals surface area (Å²) in [5.41, 5.74) is 4.06. The second-order valence-electron chi connectivity index (χ2n) is 8.66. The highest BCUT2D eigenvalue weighted by Crippen LogP contribution is 2.30. The van der Waals surface area contributed by atoms with E-state index >= 15 is 0 Å². The number of hydrogen-bond acceptors (Lipinski definition) is 5. The molecule has 2 aromatic heterocycles. The third-order valence-electron chi connectivity index (χ3n) is 5.68. The molecule has 0 spiro atoms. The third kappa shape index (κ3) is 6.38. The summed E-state index contributed by atoms with van der Waals surface area (Å²) in [6, 6.07) is 9.94. The van der Waals surface area contributed by atoms with Crippen LogP contribution in [-0.2, 0) is 30.9 Å². The van der Waals surface area contributed by atoms with Crippen LogP contribution >= 0.6 is 11.3 Å². The summed E-state index contributed by atoms with van der Waals surface area (Å²) in [7, 11) is 1.64. The number of hydrogen-bond donors (Lipinski definition) is 0. The maximum Gasteiger partial charge on any atom is 0.227 e. The van der Waals surface area contributed by atoms with Crippen LogP contribution in [0.15, 0.2) is 35.7 Å². The van der Waals surface area contributed by atoms with Crippen LogP contribution in [0.2, 0.25) is 0 Å². The lowest BCUT2D eigenvalue weighted by Crippen LogP contribution is -2.31. The lowest BCUT2D eigenvalue weighted by molar-refractivity contribution is -0.130. The fourth-order valence-corrected chi connectivity index (χ4v) is 4.46. The molecule has 6 nitrogen and oxygen atoms in total. The van der Waals surface area contributed by atoms with E-state index in [0.717, 1.165) is 33.9 Å². The van der Waals surface area contributed by atoms with Crippen LogP contribution < -0.4 is 9.47 Å². The monoisotopic (exact) mass is 469 g/mol. The quantitative estimate of drug-likeness (QED) is 0.377. The fourth-order valence-electron chi connectivity index (χ4n) is 3.85. The molecule has 0 radical (unpaired) electrons. The number of aryl methyl sites for hydroxylation is 1. The van der Waals surface area contributed by atoms with Gasteiger partial charge in [0.2, 0.25) is 5.91 Å². The van der Waals surface area contributed by atoms with E-state index in [4.69, 9.17) is 9.47 Å². The molecule has 0 saturated carbocycles. The van der Waals surface area contributed by atoms with E-state index in [2.05, 4.69) is 25.9 Å². The minimum absolute atomic E-state index is 0.102. The van der Waals surface area contributed by atoms with Crippen molar-refractivity contribution in [2.75, 3.05) is 13.7 Å². The number of carbonyl (C=O) groups is 1. The minimum Gasteiger partial charge on any atom is -0.493 e. The topological polar surface area (TPSA) is 56.6 Å². The van der Waals surface area contributed by atoms with Crippen LogP contribution in [0.3, 0.4) is 0 Å². The molecule has 2 heterocycles. The Bertz CT molecular complexity index is 1060. The van der Waals surface area contributed by atoms with Crippen molar-refractivity contribution >= 4 is 17.2 Å². The summed E-state index contributed by atoms with van der Waals surface area (Å²) in [6.45, 7) is 12.9. The molecule has 0 saturated heterocycles. The second-order valence-corrected chi connectivity index (χ2v) is 9.70. The number of benzene rings is 1. The van der Waals surface area contributed by atoms with E-state index in [1.165, 1.54) is 0 Å². The van der Waals surface area contributed by atoms with Crippen molar-refractivity contribution in [1.82, 2.24) is 14.7 Å². The van der Waals surface area contributed by atoms with Crippen molar-refractivity contribution in [3.05, 3.63) is 63.1 Å². The van der Waals surface area contributed by atoms with Gasteiger partial charge in [-0.25, -0.2) is 0 Å². The predicted octanol–water partition coefficient (Wildman–Crippen LogP) is 5.40. The maximum absolute atomic E-state index is 13.2. The number of ether oxygens (including phenoxy) is 2.